The standard InChI is InChI=1S/C14H17N5O2/c15-14-1-4-21-8-10(14)7-18(9-14)13(20)11-5-17-19-3-2-16-6-12(11)19/h2-3,5-6,10H,1,4,7-9,15H2/t10-,14+/m0/s1. The van der Waals surface area contributed by atoms with Gasteiger partial charge in [0.1, 0.15) is 0 Å². The van der Waals surface area contributed by atoms with Crippen LogP contribution >= 0.6 is 0 Å². The van der Waals surface area contributed by atoms with E-state index in [1.807, 2.05) is 4.90 Å². The predicted octanol–water partition coefficient (Wildman–Crippen LogP) is -0.0809. The van der Waals surface area contributed by atoms with Gasteiger partial charge in [0, 0.05) is 43.5 Å². The summed E-state index contributed by atoms with van der Waals surface area (Å²) in [5.41, 5.74) is 7.44. The van der Waals surface area contributed by atoms with Crippen LogP contribution in [-0.4, -0.2) is 57.2 Å². The molecule has 0 radical (unpaired) electrons. The third-order valence-electron chi connectivity index (χ3n) is 4.61. The summed E-state index contributed by atoms with van der Waals surface area (Å²) in [6.07, 6.45) is 7.43. The van der Waals surface area contributed by atoms with Gasteiger partial charge in [-0.25, -0.2) is 4.52 Å². The molecule has 2 aromatic rings. The zero-order valence-corrected chi connectivity index (χ0v) is 11.6. The Kier molecular flexibility index (Phi) is 2.73. The fraction of sp³-hybridized carbons (Fsp3) is 0.500. The molecule has 2 aliphatic rings. The Bertz CT molecular complexity index is 699. The number of nitrogens with two attached hydrogens (primary N) is 1. The maximum atomic E-state index is 12.8. The van der Waals surface area contributed by atoms with Crippen molar-refractivity contribution in [2.24, 2.45) is 11.7 Å². The number of amides is 1. The predicted molar refractivity (Wildman–Crippen MR) is 74.7 cm³/mol. The minimum atomic E-state index is -0.310. The molecule has 0 aliphatic carbocycles. The van der Waals surface area contributed by atoms with Gasteiger partial charge in [-0.2, -0.15) is 5.10 Å². The Morgan fingerprint density at radius 3 is 3.24 bits per heavy atom. The number of ether oxygens (including phenoxy) is 1. The molecule has 7 heteroatoms. The lowest BCUT2D eigenvalue weighted by Gasteiger charge is -2.34. The molecule has 2 N–H and O–H groups in total. The highest BCUT2D eigenvalue weighted by molar-refractivity contribution is 6.00. The SMILES string of the molecule is N[C@@]12CCOC[C@@H]1CN(C(=O)c1cnn3ccncc13)C2. The molecular weight excluding hydrogens is 270 g/mol. The number of likely N-dealkylation sites (tertiary alicyclic amines) is 1. The molecule has 4 rings (SSSR count). The van der Waals surface area contributed by atoms with E-state index in [0.717, 1.165) is 11.9 Å². The smallest absolute Gasteiger partial charge is 0.257 e. The summed E-state index contributed by atoms with van der Waals surface area (Å²) < 4.78 is 7.15. The third-order valence-corrected chi connectivity index (χ3v) is 4.61. The monoisotopic (exact) mass is 287 g/mol. The van der Waals surface area contributed by atoms with E-state index in [-0.39, 0.29) is 17.4 Å². The van der Waals surface area contributed by atoms with Gasteiger partial charge in [0.2, 0.25) is 0 Å². The Balaban J connectivity index is 1.64. The number of hydrogen-bond acceptors (Lipinski definition) is 5. The van der Waals surface area contributed by atoms with Gasteiger partial charge in [0.05, 0.1) is 30.1 Å². The first-order chi connectivity index (χ1) is 10.2. The molecule has 2 fully saturated rings. The molecule has 0 bridgehead atoms. The molecule has 1 amide bonds. The lowest BCUT2D eigenvalue weighted by atomic mass is 9.84. The summed E-state index contributed by atoms with van der Waals surface area (Å²) in [6, 6.07) is 0. The molecule has 0 unspecified atom stereocenters. The second-order valence-electron chi connectivity index (χ2n) is 5.91. The van der Waals surface area contributed by atoms with Crippen LogP contribution in [0.15, 0.2) is 24.8 Å². The van der Waals surface area contributed by atoms with E-state index in [1.165, 1.54) is 0 Å². The lowest BCUT2D eigenvalue weighted by Crippen LogP contribution is -2.52. The Morgan fingerprint density at radius 2 is 2.38 bits per heavy atom. The van der Waals surface area contributed by atoms with E-state index in [1.54, 1.807) is 29.3 Å². The van der Waals surface area contributed by atoms with Crippen LogP contribution in [-0.2, 0) is 4.74 Å². The average molecular weight is 287 g/mol. The van der Waals surface area contributed by atoms with Crippen molar-refractivity contribution in [3.63, 3.8) is 0 Å². The number of rotatable bonds is 1. The van der Waals surface area contributed by atoms with Gasteiger partial charge in [-0.1, -0.05) is 0 Å². The maximum absolute atomic E-state index is 12.8. The van der Waals surface area contributed by atoms with Crippen LogP contribution in [0.3, 0.4) is 0 Å². The van der Waals surface area contributed by atoms with E-state index in [0.29, 0.717) is 31.9 Å². The molecule has 21 heavy (non-hydrogen) atoms. The minimum absolute atomic E-state index is 0.0303. The summed E-state index contributed by atoms with van der Waals surface area (Å²) in [4.78, 5) is 18.6. The summed E-state index contributed by atoms with van der Waals surface area (Å²) in [5.74, 6) is 0.187. The molecule has 0 aromatic carbocycles. The van der Waals surface area contributed by atoms with Crippen LogP contribution in [0.1, 0.15) is 16.8 Å². The second kappa shape index (κ2) is 4.51. The summed E-state index contributed by atoms with van der Waals surface area (Å²) in [7, 11) is 0. The quantitative estimate of drug-likeness (QED) is 0.793. The minimum Gasteiger partial charge on any atom is -0.381 e. The topological polar surface area (TPSA) is 85.8 Å². The van der Waals surface area contributed by atoms with Gasteiger partial charge in [0.15, 0.2) is 0 Å². The Hall–Kier alpha value is -1.99. The van der Waals surface area contributed by atoms with Crippen molar-refractivity contribution in [1.29, 1.82) is 0 Å². The third kappa shape index (κ3) is 1.92. The van der Waals surface area contributed by atoms with Gasteiger partial charge >= 0.3 is 0 Å². The van der Waals surface area contributed by atoms with Crippen LogP contribution in [0.5, 0.6) is 0 Å². The van der Waals surface area contributed by atoms with Gasteiger partial charge < -0.3 is 15.4 Å². The fourth-order valence-corrected chi connectivity index (χ4v) is 3.31. The number of carbonyl (C=O) groups is 1. The van der Waals surface area contributed by atoms with Gasteiger partial charge in [0.25, 0.3) is 5.91 Å². The highest BCUT2D eigenvalue weighted by Crippen LogP contribution is 2.33. The molecular formula is C14H17N5O2. The Morgan fingerprint density at radius 1 is 1.48 bits per heavy atom. The van der Waals surface area contributed by atoms with Gasteiger partial charge in [-0.05, 0) is 6.42 Å². The fourth-order valence-electron chi connectivity index (χ4n) is 3.31. The normalized spacial score (nSPS) is 28.8. The number of nitrogens with zero attached hydrogens (tertiary/aromatic N) is 4. The first-order valence-electron chi connectivity index (χ1n) is 7.11. The number of aromatic nitrogens is 3. The van der Waals surface area contributed by atoms with Crippen LogP contribution in [0.2, 0.25) is 0 Å². The first kappa shape index (κ1) is 12.7. The molecule has 7 nitrogen and oxygen atoms in total. The van der Waals surface area contributed by atoms with Gasteiger partial charge in [-0.3, -0.25) is 9.78 Å². The number of fused-ring (bicyclic) bond motifs is 2. The van der Waals surface area contributed by atoms with Crippen molar-refractivity contribution in [1.82, 2.24) is 19.5 Å². The maximum Gasteiger partial charge on any atom is 0.257 e. The van der Waals surface area contributed by atoms with E-state index < -0.39 is 0 Å². The van der Waals surface area contributed by atoms with Crippen LogP contribution < -0.4 is 5.73 Å². The van der Waals surface area contributed by atoms with Crippen LogP contribution in [0, 0.1) is 5.92 Å². The number of carbonyl (C=O) groups excluding carboxylic acids is 1. The first-order valence-corrected chi connectivity index (χ1v) is 7.11. The van der Waals surface area contributed by atoms with Crippen molar-refractivity contribution in [3.05, 3.63) is 30.4 Å². The molecule has 2 aromatic heterocycles. The molecule has 4 heterocycles. The van der Waals surface area contributed by atoms with E-state index in [4.69, 9.17) is 10.5 Å². The van der Waals surface area contributed by atoms with E-state index >= 15 is 0 Å². The van der Waals surface area contributed by atoms with E-state index in [9.17, 15) is 4.79 Å². The summed E-state index contributed by atoms with van der Waals surface area (Å²) in [6.45, 7) is 2.54. The zero-order chi connectivity index (χ0) is 14.4. The highest BCUT2D eigenvalue weighted by atomic mass is 16.5. The summed E-state index contributed by atoms with van der Waals surface area (Å²) >= 11 is 0. The zero-order valence-electron chi connectivity index (χ0n) is 11.6. The van der Waals surface area contributed by atoms with Crippen LogP contribution in [0.4, 0.5) is 0 Å². The summed E-state index contributed by atoms with van der Waals surface area (Å²) in [5, 5.41) is 4.19. The van der Waals surface area contributed by atoms with Crippen molar-refractivity contribution in [2.45, 2.75) is 12.0 Å². The van der Waals surface area contributed by atoms with E-state index in [2.05, 4.69) is 10.1 Å². The van der Waals surface area contributed by atoms with Crippen LogP contribution in [0.25, 0.3) is 5.52 Å². The molecule has 0 spiro atoms. The molecule has 2 saturated heterocycles. The van der Waals surface area contributed by atoms with Crippen molar-refractivity contribution < 1.29 is 9.53 Å². The second-order valence-corrected chi connectivity index (χ2v) is 5.91. The number of hydrogen-bond donors (Lipinski definition) is 1. The molecule has 2 aliphatic heterocycles. The Labute approximate surface area is 121 Å². The highest BCUT2D eigenvalue weighted by Gasteiger charge is 2.47. The largest absolute Gasteiger partial charge is 0.381 e. The molecule has 0 saturated carbocycles. The van der Waals surface area contributed by atoms with Crippen molar-refractivity contribution >= 4 is 11.4 Å². The molecule has 110 valence electrons. The van der Waals surface area contributed by atoms with Crippen molar-refractivity contribution in [2.75, 3.05) is 26.3 Å². The van der Waals surface area contributed by atoms with Crippen molar-refractivity contribution in [3.8, 4) is 0 Å². The molecule has 2 atom stereocenters. The average Bonchev–Trinajstić information content (AvgIpc) is 3.06. The van der Waals surface area contributed by atoms with Gasteiger partial charge in [-0.15, -0.1) is 0 Å². The lowest BCUT2D eigenvalue weighted by molar-refractivity contribution is 0.0241.